The third-order valence-electron chi connectivity index (χ3n) is 4.99. The van der Waals surface area contributed by atoms with Crippen molar-refractivity contribution < 1.29 is 21.9 Å². The van der Waals surface area contributed by atoms with E-state index in [9.17, 15) is 17.2 Å². The summed E-state index contributed by atoms with van der Waals surface area (Å²) in [6, 6.07) is 14.3. The second-order valence-electron chi connectivity index (χ2n) is 7.27. The van der Waals surface area contributed by atoms with Crippen LogP contribution in [0.1, 0.15) is 38.3 Å². The molecule has 0 aliphatic carbocycles. The number of ether oxygens (including phenoxy) is 1. The molecule has 0 aliphatic rings. The van der Waals surface area contributed by atoms with Crippen LogP contribution in [0.4, 0.5) is 14.5 Å². The molecule has 8 heteroatoms. The predicted molar refractivity (Wildman–Crippen MR) is 123 cm³/mol. The molecule has 1 atom stereocenters. The Morgan fingerprint density at radius 2 is 1.72 bits per heavy atom. The quantitative estimate of drug-likeness (QED) is 0.319. The Morgan fingerprint density at radius 1 is 1.03 bits per heavy atom. The van der Waals surface area contributed by atoms with Gasteiger partial charge in [0.2, 0.25) is 0 Å². The molecule has 0 saturated heterocycles. The highest BCUT2D eigenvalue weighted by atomic mass is 35.5. The first-order chi connectivity index (χ1) is 15.3. The Balaban J connectivity index is 2.16. The van der Waals surface area contributed by atoms with Gasteiger partial charge in [0.25, 0.3) is 10.0 Å². The standard InChI is InChI=1S/C24H24ClF2NO3S/c1-3-4-15-31-24-8-6-5-7-21(24)17(2)28(23-16-19(26)11-14-22(23)27)32(29,30)20-12-9-18(25)10-13-20/h5-14,16-17H,3-4,15H2,1-2H3. The molecule has 0 aromatic heterocycles. The molecular weight excluding hydrogens is 456 g/mol. The van der Waals surface area contributed by atoms with Crippen molar-refractivity contribution in [3.8, 4) is 5.75 Å². The lowest BCUT2D eigenvalue weighted by molar-refractivity contribution is 0.305. The number of hydrogen-bond donors (Lipinski definition) is 0. The number of hydrogen-bond acceptors (Lipinski definition) is 3. The van der Waals surface area contributed by atoms with E-state index in [0.29, 0.717) is 22.9 Å². The summed E-state index contributed by atoms with van der Waals surface area (Å²) in [5.74, 6) is -1.13. The minimum absolute atomic E-state index is 0.0956. The van der Waals surface area contributed by atoms with E-state index in [1.54, 1.807) is 31.2 Å². The molecule has 4 nitrogen and oxygen atoms in total. The van der Waals surface area contributed by atoms with Crippen LogP contribution in [0.15, 0.2) is 71.6 Å². The van der Waals surface area contributed by atoms with E-state index in [1.807, 2.05) is 6.92 Å². The Hall–Kier alpha value is -2.64. The van der Waals surface area contributed by atoms with Crippen LogP contribution in [-0.4, -0.2) is 15.0 Å². The zero-order valence-corrected chi connectivity index (χ0v) is 19.3. The van der Waals surface area contributed by atoms with Gasteiger partial charge in [-0.2, -0.15) is 0 Å². The smallest absolute Gasteiger partial charge is 0.264 e. The molecule has 0 spiro atoms. The van der Waals surface area contributed by atoms with Crippen molar-refractivity contribution in [1.82, 2.24) is 0 Å². The van der Waals surface area contributed by atoms with E-state index in [4.69, 9.17) is 16.3 Å². The monoisotopic (exact) mass is 479 g/mol. The van der Waals surface area contributed by atoms with Crippen molar-refractivity contribution in [2.75, 3.05) is 10.9 Å². The fourth-order valence-corrected chi connectivity index (χ4v) is 5.09. The minimum atomic E-state index is -4.29. The fraction of sp³-hybridized carbons (Fsp3) is 0.250. The average molecular weight is 480 g/mol. The zero-order chi connectivity index (χ0) is 23.3. The number of unbranched alkanes of at least 4 members (excludes halogenated alkanes) is 1. The summed E-state index contributed by atoms with van der Waals surface area (Å²) in [4.78, 5) is -0.0956. The van der Waals surface area contributed by atoms with Crippen molar-refractivity contribution in [3.63, 3.8) is 0 Å². The highest BCUT2D eigenvalue weighted by Crippen LogP contribution is 2.38. The van der Waals surface area contributed by atoms with Crippen LogP contribution in [0, 0.1) is 11.6 Å². The summed E-state index contributed by atoms with van der Waals surface area (Å²) in [7, 11) is -4.29. The molecule has 1 unspecified atom stereocenters. The summed E-state index contributed by atoms with van der Waals surface area (Å²) in [6.07, 6.45) is 1.76. The molecule has 3 aromatic rings. The molecule has 0 bridgehead atoms. The van der Waals surface area contributed by atoms with E-state index in [0.717, 1.165) is 35.3 Å². The lowest BCUT2D eigenvalue weighted by Crippen LogP contribution is -2.34. The topological polar surface area (TPSA) is 46.6 Å². The van der Waals surface area contributed by atoms with Crippen LogP contribution in [0.25, 0.3) is 0 Å². The predicted octanol–water partition coefficient (Wildman–Crippen LogP) is 6.75. The van der Waals surface area contributed by atoms with E-state index < -0.39 is 33.4 Å². The highest BCUT2D eigenvalue weighted by molar-refractivity contribution is 7.92. The molecular formula is C24H24ClF2NO3S. The number of anilines is 1. The number of benzene rings is 3. The van der Waals surface area contributed by atoms with Gasteiger partial charge < -0.3 is 4.74 Å². The van der Waals surface area contributed by atoms with Gasteiger partial charge in [-0.15, -0.1) is 0 Å². The molecule has 3 rings (SSSR count). The molecule has 0 heterocycles. The normalized spacial score (nSPS) is 12.4. The Bertz CT molecular complexity index is 1170. The Kier molecular flexibility index (Phi) is 7.74. The maximum atomic E-state index is 14.8. The Morgan fingerprint density at radius 3 is 2.41 bits per heavy atom. The SMILES string of the molecule is CCCCOc1ccccc1C(C)N(c1cc(F)ccc1F)S(=O)(=O)c1ccc(Cl)cc1. The van der Waals surface area contributed by atoms with Gasteiger partial charge in [0.15, 0.2) is 0 Å². The first-order valence-electron chi connectivity index (χ1n) is 10.2. The lowest BCUT2D eigenvalue weighted by atomic mass is 10.1. The number of sulfonamides is 1. The maximum Gasteiger partial charge on any atom is 0.264 e. The van der Waals surface area contributed by atoms with E-state index >= 15 is 0 Å². The molecule has 0 aliphatic heterocycles. The van der Waals surface area contributed by atoms with Crippen molar-refractivity contribution in [3.05, 3.63) is 89.0 Å². The van der Waals surface area contributed by atoms with Gasteiger partial charge in [-0.05, 0) is 55.8 Å². The van der Waals surface area contributed by atoms with Crippen molar-refractivity contribution >= 4 is 27.3 Å². The van der Waals surface area contributed by atoms with Crippen LogP contribution >= 0.6 is 11.6 Å². The minimum Gasteiger partial charge on any atom is -0.493 e. The van der Waals surface area contributed by atoms with Gasteiger partial charge in [0.1, 0.15) is 17.4 Å². The first kappa shape index (κ1) is 24.0. The van der Waals surface area contributed by atoms with Crippen LogP contribution in [0.3, 0.4) is 0 Å². The number of halogens is 3. The lowest BCUT2D eigenvalue weighted by Gasteiger charge is -2.32. The summed E-state index contributed by atoms with van der Waals surface area (Å²) in [5, 5.41) is 0.357. The average Bonchev–Trinajstić information content (AvgIpc) is 2.77. The molecule has 0 fully saturated rings. The van der Waals surface area contributed by atoms with E-state index in [-0.39, 0.29) is 4.90 Å². The van der Waals surface area contributed by atoms with Crippen molar-refractivity contribution in [2.24, 2.45) is 0 Å². The van der Waals surface area contributed by atoms with Gasteiger partial charge in [0, 0.05) is 16.7 Å². The van der Waals surface area contributed by atoms with Gasteiger partial charge >= 0.3 is 0 Å². The third-order valence-corrected chi connectivity index (χ3v) is 7.14. The number of nitrogens with zero attached hydrogens (tertiary/aromatic N) is 1. The second kappa shape index (κ2) is 10.3. The summed E-state index contributed by atoms with van der Waals surface area (Å²) < 4.78 is 62.9. The van der Waals surface area contributed by atoms with Crippen molar-refractivity contribution in [1.29, 1.82) is 0 Å². The first-order valence-corrected chi connectivity index (χ1v) is 12.0. The van der Waals surface area contributed by atoms with Crippen LogP contribution < -0.4 is 9.04 Å². The summed E-state index contributed by atoms with van der Waals surface area (Å²) in [6.45, 7) is 4.10. The summed E-state index contributed by atoms with van der Waals surface area (Å²) >= 11 is 5.91. The van der Waals surface area contributed by atoms with Gasteiger partial charge in [-0.25, -0.2) is 17.2 Å². The second-order valence-corrected chi connectivity index (χ2v) is 9.52. The molecule has 0 radical (unpaired) electrons. The zero-order valence-electron chi connectivity index (χ0n) is 17.8. The van der Waals surface area contributed by atoms with E-state index in [2.05, 4.69) is 0 Å². The molecule has 32 heavy (non-hydrogen) atoms. The van der Waals surface area contributed by atoms with Gasteiger partial charge in [-0.3, -0.25) is 4.31 Å². The van der Waals surface area contributed by atoms with Gasteiger partial charge in [0.05, 0.1) is 23.2 Å². The molecule has 0 N–H and O–H groups in total. The van der Waals surface area contributed by atoms with Crippen LogP contribution in [-0.2, 0) is 10.0 Å². The molecule has 0 amide bonds. The molecule has 170 valence electrons. The van der Waals surface area contributed by atoms with Crippen LogP contribution in [0.2, 0.25) is 5.02 Å². The fourth-order valence-electron chi connectivity index (χ4n) is 3.33. The Labute approximate surface area is 192 Å². The maximum absolute atomic E-state index is 14.8. The largest absolute Gasteiger partial charge is 0.493 e. The number of rotatable bonds is 9. The highest BCUT2D eigenvalue weighted by Gasteiger charge is 2.34. The summed E-state index contributed by atoms with van der Waals surface area (Å²) in [5.41, 5.74) is 0.139. The third kappa shape index (κ3) is 5.22. The van der Waals surface area contributed by atoms with Crippen LogP contribution in [0.5, 0.6) is 5.75 Å². The van der Waals surface area contributed by atoms with Crippen molar-refractivity contribution in [2.45, 2.75) is 37.6 Å². The molecule has 0 saturated carbocycles. The number of para-hydroxylation sites is 1. The van der Waals surface area contributed by atoms with Gasteiger partial charge in [-0.1, -0.05) is 43.1 Å². The van der Waals surface area contributed by atoms with E-state index in [1.165, 1.54) is 24.3 Å². The molecule has 3 aromatic carbocycles.